The Morgan fingerprint density at radius 2 is 1.62 bits per heavy atom. The highest BCUT2D eigenvalue weighted by Crippen LogP contribution is 2.53. The first-order valence-corrected chi connectivity index (χ1v) is 7.67. The molecule has 0 saturated carbocycles. The standard InChI is InChI=1S/C9H9ClO4S2/c11-10(12,13)14-9(15-6-7-16-9)8-4-2-1-3-5-8/h1-5H,6-7H2. The second-order valence-electron chi connectivity index (χ2n) is 3.07. The van der Waals surface area contributed by atoms with Crippen molar-refractivity contribution in [1.82, 2.24) is 0 Å². The second-order valence-corrected chi connectivity index (χ2v) is 6.79. The van der Waals surface area contributed by atoms with Crippen molar-refractivity contribution in [3.05, 3.63) is 35.9 Å². The van der Waals surface area contributed by atoms with Crippen molar-refractivity contribution >= 4 is 23.5 Å². The minimum Gasteiger partial charge on any atom is -0.183 e. The van der Waals surface area contributed by atoms with Crippen molar-refractivity contribution in [2.45, 2.75) is 4.27 Å². The highest BCUT2D eigenvalue weighted by Gasteiger charge is 2.52. The van der Waals surface area contributed by atoms with Crippen LogP contribution in [-0.2, 0) is 8.55 Å². The van der Waals surface area contributed by atoms with Crippen molar-refractivity contribution in [2.75, 3.05) is 11.5 Å². The lowest BCUT2D eigenvalue weighted by Gasteiger charge is -2.24. The lowest BCUT2D eigenvalue weighted by molar-refractivity contribution is -1.92. The molecule has 0 bridgehead atoms. The molecule has 16 heavy (non-hydrogen) atoms. The third-order valence-corrected chi connectivity index (χ3v) is 5.77. The van der Waals surface area contributed by atoms with E-state index in [0.717, 1.165) is 11.5 Å². The van der Waals surface area contributed by atoms with Crippen molar-refractivity contribution in [2.24, 2.45) is 0 Å². The van der Waals surface area contributed by atoms with E-state index in [1.54, 1.807) is 24.3 Å². The Labute approximate surface area is 104 Å². The highest BCUT2D eigenvalue weighted by atomic mass is 35.7. The Morgan fingerprint density at radius 3 is 2.12 bits per heavy atom. The van der Waals surface area contributed by atoms with Gasteiger partial charge in [0.1, 0.15) is 4.29 Å². The molecule has 4 nitrogen and oxygen atoms in total. The predicted octanol–water partition coefficient (Wildman–Crippen LogP) is -0.809. The molecule has 1 aliphatic heterocycles. The quantitative estimate of drug-likeness (QED) is 0.721. The van der Waals surface area contributed by atoms with E-state index in [4.69, 9.17) is 0 Å². The molecule has 1 aromatic rings. The zero-order chi connectivity index (χ0) is 11.6. The fraction of sp³-hybridized carbons (Fsp3) is 0.333. The molecular formula is C9H9ClO4S2. The molecule has 0 atom stereocenters. The Bertz CT molecular complexity index is 348. The number of thioether (sulfide) groups is 2. The van der Waals surface area contributed by atoms with Crippen molar-refractivity contribution in [1.29, 1.82) is 0 Å². The van der Waals surface area contributed by atoms with Crippen LogP contribution in [0.4, 0.5) is 0 Å². The highest BCUT2D eigenvalue weighted by molar-refractivity contribution is 8.20. The van der Waals surface area contributed by atoms with Crippen molar-refractivity contribution in [3.8, 4) is 0 Å². The Kier molecular flexibility index (Phi) is 3.70. The van der Waals surface area contributed by atoms with Gasteiger partial charge in [-0.25, -0.2) is 0 Å². The molecule has 1 aromatic carbocycles. The molecule has 1 aliphatic rings. The van der Waals surface area contributed by atoms with Crippen molar-refractivity contribution < 1.29 is 28.5 Å². The van der Waals surface area contributed by atoms with Crippen LogP contribution in [0.15, 0.2) is 30.3 Å². The third-order valence-electron chi connectivity index (χ3n) is 1.99. The van der Waals surface area contributed by atoms with Gasteiger partial charge in [0.25, 0.3) is 0 Å². The molecular weight excluding hydrogens is 272 g/mol. The van der Waals surface area contributed by atoms with Crippen LogP contribution in [0.1, 0.15) is 5.56 Å². The van der Waals surface area contributed by atoms with Gasteiger partial charge in [-0.1, -0.05) is 53.9 Å². The molecule has 0 aliphatic carbocycles. The lowest BCUT2D eigenvalue weighted by atomic mass is 10.2. The summed E-state index contributed by atoms with van der Waals surface area (Å²) in [5, 5.41) is 0. The summed E-state index contributed by atoms with van der Waals surface area (Å²) in [7, 11) is -4.42. The van der Waals surface area contributed by atoms with Gasteiger partial charge in [-0.3, -0.25) is 0 Å². The summed E-state index contributed by atoms with van der Waals surface area (Å²) in [6.07, 6.45) is 0. The van der Waals surface area contributed by atoms with Crippen LogP contribution in [0.5, 0.6) is 0 Å². The van der Waals surface area contributed by atoms with E-state index in [1.807, 2.05) is 6.07 Å². The van der Waals surface area contributed by atoms with Gasteiger partial charge in [0, 0.05) is 17.1 Å². The summed E-state index contributed by atoms with van der Waals surface area (Å²) in [5.74, 6) is 1.51. The number of hydrogen-bond acceptors (Lipinski definition) is 6. The number of benzene rings is 1. The maximum absolute atomic E-state index is 10.7. The van der Waals surface area contributed by atoms with Crippen LogP contribution >= 0.6 is 23.5 Å². The fourth-order valence-electron chi connectivity index (χ4n) is 1.42. The SMILES string of the molecule is [O-][Cl+3]([O-])([O-])OC1(c2ccccc2)SCCS1. The monoisotopic (exact) mass is 280 g/mol. The lowest BCUT2D eigenvalue weighted by Crippen LogP contribution is -2.63. The molecule has 2 rings (SSSR count). The fourth-order valence-corrected chi connectivity index (χ4v) is 5.22. The third kappa shape index (κ3) is 2.84. The number of hydrogen-bond donors (Lipinski definition) is 0. The average Bonchev–Trinajstić information content (AvgIpc) is 2.66. The first-order valence-electron chi connectivity index (χ1n) is 4.47. The minimum absolute atomic E-state index is 0.689. The normalized spacial score (nSPS) is 19.9. The first-order chi connectivity index (χ1) is 7.52. The second kappa shape index (κ2) is 4.73. The van der Waals surface area contributed by atoms with Gasteiger partial charge in [-0.05, 0) is 0 Å². The van der Waals surface area contributed by atoms with E-state index >= 15 is 0 Å². The zero-order valence-corrected chi connectivity index (χ0v) is 10.5. The van der Waals surface area contributed by atoms with E-state index in [1.165, 1.54) is 23.5 Å². The maximum atomic E-state index is 10.7. The summed E-state index contributed by atoms with van der Waals surface area (Å²) in [5.41, 5.74) is 0.689. The summed E-state index contributed by atoms with van der Waals surface area (Å²) < 4.78 is 35.8. The molecule has 0 radical (unpaired) electrons. The van der Waals surface area contributed by atoms with E-state index in [0.29, 0.717) is 5.56 Å². The molecule has 0 spiro atoms. The molecule has 0 N–H and O–H groups in total. The van der Waals surface area contributed by atoms with Gasteiger partial charge >= 0.3 is 4.27 Å². The van der Waals surface area contributed by atoms with Crippen LogP contribution in [0, 0.1) is 10.2 Å². The topological polar surface area (TPSA) is 78.4 Å². The average molecular weight is 281 g/mol. The first kappa shape index (κ1) is 12.5. The number of halogens is 1. The molecule has 88 valence electrons. The zero-order valence-electron chi connectivity index (χ0n) is 8.13. The molecule has 1 fully saturated rings. The molecule has 0 aromatic heterocycles. The van der Waals surface area contributed by atoms with Crippen LogP contribution in [0.3, 0.4) is 0 Å². The van der Waals surface area contributed by atoms with E-state index < -0.39 is 14.5 Å². The van der Waals surface area contributed by atoms with Gasteiger partial charge in [-0.15, -0.1) is 0 Å². The summed E-state index contributed by atoms with van der Waals surface area (Å²) in [4.78, 5) is 0. The number of rotatable bonds is 3. The van der Waals surface area contributed by atoms with Gasteiger partial charge in [0.05, 0.1) is 10.2 Å². The molecule has 0 unspecified atom stereocenters. The van der Waals surface area contributed by atoms with E-state index in [-0.39, 0.29) is 0 Å². The summed E-state index contributed by atoms with van der Waals surface area (Å²) >= 11 is 2.65. The van der Waals surface area contributed by atoms with Crippen LogP contribution in [0.25, 0.3) is 0 Å². The van der Waals surface area contributed by atoms with E-state index in [2.05, 4.69) is 4.29 Å². The van der Waals surface area contributed by atoms with E-state index in [9.17, 15) is 14.0 Å². The van der Waals surface area contributed by atoms with Crippen molar-refractivity contribution in [3.63, 3.8) is 0 Å². The smallest absolute Gasteiger partial charge is 0.183 e. The Morgan fingerprint density at radius 1 is 1.06 bits per heavy atom. The van der Waals surface area contributed by atoms with Gasteiger partial charge in [0.2, 0.25) is 0 Å². The predicted molar refractivity (Wildman–Crippen MR) is 54.1 cm³/mol. The molecule has 1 saturated heterocycles. The maximum Gasteiger partial charge on any atom is 0.340 e. The van der Waals surface area contributed by atoms with Crippen LogP contribution in [-0.4, -0.2) is 11.5 Å². The molecule has 7 heteroatoms. The minimum atomic E-state index is -4.42. The van der Waals surface area contributed by atoms with Gasteiger partial charge in [-0.2, -0.15) is 14.0 Å². The van der Waals surface area contributed by atoms with Crippen LogP contribution in [0.2, 0.25) is 0 Å². The Balaban J connectivity index is 2.29. The Hall–Kier alpha value is 0.0500. The molecule has 0 amide bonds. The van der Waals surface area contributed by atoms with Crippen LogP contribution < -0.4 is 14.0 Å². The summed E-state index contributed by atoms with van der Waals surface area (Å²) in [6.45, 7) is 0. The molecule has 1 heterocycles. The summed E-state index contributed by atoms with van der Waals surface area (Å²) in [6, 6.07) is 8.91. The van der Waals surface area contributed by atoms with Gasteiger partial charge < -0.3 is 0 Å². The van der Waals surface area contributed by atoms with Gasteiger partial charge in [0.15, 0.2) is 0 Å². The largest absolute Gasteiger partial charge is 0.340 e.